The van der Waals surface area contributed by atoms with E-state index in [1.807, 2.05) is 11.6 Å². The molecule has 1 fully saturated rings. The molecule has 0 aliphatic carbocycles. The smallest absolute Gasteiger partial charge is 0.248 e. The number of hydrogen-bond acceptors (Lipinski definition) is 7. The molecule has 33 heavy (non-hydrogen) atoms. The highest BCUT2D eigenvalue weighted by molar-refractivity contribution is 7.99. The van der Waals surface area contributed by atoms with Crippen LogP contribution in [0.2, 0.25) is 0 Å². The molecule has 3 aromatic rings. The fourth-order valence-electron chi connectivity index (χ4n) is 3.82. The maximum atomic E-state index is 14.0. The average molecular weight is 494 g/mol. The van der Waals surface area contributed by atoms with E-state index in [0.29, 0.717) is 35.1 Å². The van der Waals surface area contributed by atoms with Gasteiger partial charge < -0.3 is 14.4 Å². The SMILES string of the molecule is Cc1noc(C)c1S(=O)(=O)N1CCCC(C(=O)Nc2cc(F)ccc2Sc2nccn2C)C1. The molecule has 2 aromatic heterocycles. The van der Waals surface area contributed by atoms with Gasteiger partial charge in [-0.05, 0) is 56.7 Å². The Labute approximate surface area is 195 Å². The molecule has 4 rings (SSSR count). The van der Waals surface area contributed by atoms with E-state index in [9.17, 15) is 17.6 Å². The lowest BCUT2D eigenvalue weighted by atomic mass is 9.98. The summed E-state index contributed by atoms with van der Waals surface area (Å²) in [5.41, 5.74) is 0.605. The van der Waals surface area contributed by atoms with Crippen molar-refractivity contribution in [2.45, 2.75) is 41.6 Å². The van der Waals surface area contributed by atoms with E-state index in [4.69, 9.17) is 4.52 Å². The van der Waals surface area contributed by atoms with Crippen LogP contribution in [0.4, 0.5) is 10.1 Å². The van der Waals surface area contributed by atoms with Crippen LogP contribution >= 0.6 is 11.8 Å². The highest BCUT2D eigenvalue weighted by Gasteiger charge is 2.36. The summed E-state index contributed by atoms with van der Waals surface area (Å²) >= 11 is 1.30. The van der Waals surface area contributed by atoms with E-state index in [1.54, 1.807) is 32.3 Å². The third-order valence-corrected chi connectivity index (χ3v) is 8.76. The summed E-state index contributed by atoms with van der Waals surface area (Å²) in [7, 11) is -2.01. The summed E-state index contributed by atoms with van der Waals surface area (Å²) in [6.07, 6.45) is 4.50. The van der Waals surface area contributed by atoms with Gasteiger partial charge in [-0.1, -0.05) is 5.16 Å². The minimum absolute atomic E-state index is 0.0232. The number of carbonyl (C=O) groups is 1. The molecule has 1 N–H and O–H groups in total. The lowest BCUT2D eigenvalue weighted by molar-refractivity contribution is -0.120. The molecule has 0 bridgehead atoms. The van der Waals surface area contributed by atoms with Crippen LogP contribution in [0.5, 0.6) is 0 Å². The number of rotatable bonds is 6. The van der Waals surface area contributed by atoms with Crippen molar-refractivity contribution in [3.8, 4) is 0 Å². The zero-order valence-electron chi connectivity index (χ0n) is 18.4. The number of amides is 1. The van der Waals surface area contributed by atoms with E-state index in [1.165, 1.54) is 28.2 Å². The largest absolute Gasteiger partial charge is 0.360 e. The molecule has 1 aliphatic rings. The molecular weight excluding hydrogens is 469 g/mol. The summed E-state index contributed by atoms with van der Waals surface area (Å²) in [6, 6.07) is 4.16. The second-order valence-corrected chi connectivity index (χ2v) is 10.8. The molecule has 1 unspecified atom stereocenters. The molecule has 1 atom stereocenters. The molecule has 0 spiro atoms. The van der Waals surface area contributed by atoms with Crippen LogP contribution in [-0.2, 0) is 21.9 Å². The zero-order chi connectivity index (χ0) is 23.8. The Morgan fingerprint density at radius 1 is 1.33 bits per heavy atom. The van der Waals surface area contributed by atoms with Crippen LogP contribution in [0, 0.1) is 25.6 Å². The van der Waals surface area contributed by atoms with Gasteiger partial charge in [-0.15, -0.1) is 0 Å². The highest BCUT2D eigenvalue weighted by Crippen LogP contribution is 2.34. The molecule has 1 aromatic carbocycles. The lowest BCUT2D eigenvalue weighted by Crippen LogP contribution is -2.44. The van der Waals surface area contributed by atoms with Crippen LogP contribution in [0.25, 0.3) is 0 Å². The van der Waals surface area contributed by atoms with E-state index < -0.39 is 21.8 Å². The van der Waals surface area contributed by atoms with Crippen molar-refractivity contribution in [3.63, 3.8) is 0 Å². The number of hydrogen-bond donors (Lipinski definition) is 1. The summed E-state index contributed by atoms with van der Waals surface area (Å²) in [4.78, 5) is 18.0. The minimum Gasteiger partial charge on any atom is -0.360 e. The molecule has 0 saturated carbocycles. The van der Waals surface area contributed by atoms with Crippen molar-refractivity contribution in [3.05, 3.63) is 47.9 Å². The van der Waals surface area contributed by atoms with Gasteiger partial charge in [0.2, 0.25) is 15.9 Å². The predicted octanol–water partition coefficient (Wildman–Crippen LogP) is 3.35. The second-order valence-electron chi connectivity index (χ2n) is 7.91. The van der Waals surface area contributed by atoms with Gasteiger partial charge in [0.25, 0.3) is 0 Å². The maximum Gasteiger partial charge on any atom is 0.248 e. The number of halogens is 1. The normalized spacial score (nSPS) is 17.3. The van der Waals surface area contributed by atoms with Gasteiger partial charge in [-0.3, -0.25) is 4.79 Å². The first-order chi connectivity index (χ1) is 15.7. The van der Waals surface area contributed by atoms with Crippen LogP contribution < -0.4 is 5.32 Å². The molecule has 0 radical (unpaired) electrons. The number of benzene rings is 1. The minimum atomic E-state index is -3.85. The second kappa shape index (κ2) is 9.27. The van der Waals surface area contributed by atoms with Crippen molar-refractivity contribution in [1.82, 2.24) is 19.0 Å². The first-order valence-electron chi connectivity index (χ1n) is 10.4. The standard InChI is InChI=1S/C21H24FN5O4S2/c1-13-19(14(2)31-25-13)33(29,30)27-9-4-5-15(12-27)20(28)24-17-11-16(22)6-7-18(17)32-21-23-8-10-26(21)3/h6-8,10-11,15H,4-5,9,12H2,1-3H3,(H,24,28). The number of aromatic nitrogens is 3. The first kappa shape index (κ1) is 23.5. The van der Waals surface area contributed by atoms with Crippen molar-refractivity contribution in [2.75, 3.05) is 18.4 Å². The summed E-state index contributed by atoms with van der Waals surface area (Å²) in [5.74, 6) is -1.21. The van der Waals surface area contributed by atoms with E-state index in [-0.39, 0.29) is 28.8 Å². The molecule has 12 heteroatoms. The third kappa shape index (κ3) is 4.82. The molecule has 1 aliphatic heterocycles. The first-order valence-corrected chi connectivity index (χ1v) is 12.6. The van der Waals surface area contributed by atoms with Crippen LogP contribution in [0.1, 0.15) is 24.3 Å². The van der Waals surface area contributed by atoms with Gasteiger partial charge >= 0.3 is 0 Å². The number of aryl methyl sites for hydroxylation is 3. The van der Waals surface area contributed by atoms with Crippen molar-refractivity contribution in [1.29, 1.82) is 0 Å². The van der Waals surface area contributed by atoms with Crippen molar-refractivity contribution >= 4 is 33.4 Å². The Hall–Kier alpha value is -2.70. The number of anilines is 1. The molecule has 1 saturated heterocycles. The van der Waals surface area contributed by atoms with E-state index >= 15 is 0 Å². The zero-order valence-corrected chi connectivity index (χ0v) is 20.0. The number of carbonyl (C=O) groups excluding carboxylic acids is 1. The Morgan fingerprint density at radius 3 is 2.79 bits per heavy atom. The van der Waals surface area contributed by atoms with Gasteiger partial charge in [0.15, 0.2) is 10.9 Å². The monoisotopic (exact) mass is 493 g/mol. The highest BCUT2D eigenvalue weighted by atomic mass is 32.2. The van der Waals surface area contributed by atoms with Gasteiger partial charge in [0.1, 0.15) is 16.4 Å². The Bertz CT molecular complexity index is 1270. The Balaban J connectivity index is 1.52. The molecule has 1 amide bonds. The molecule has 9 nitrogen and oxygen atoms in total. The van der Waals surface area contributed by atoms with E-state index in [0.717, 1.165) is 0 Å². The van der Waals surface area contributed by atoms with Crippen molar-refractivity contribution < 1.29 is 22.1 Å². The summed E-state index contributed by atoms with van der Waals surface area (Å²) in [6.45, 7) is 3.44. The van der Waals surface area contributed by atoms with Gasteiger partial charge in [-0.2, -0.15) is 4.31 Å². The fraction of sp³-hybridized carbons (Fsp3) is 0.381. The van der Waals surface area contributed by atoms with E-state index in [2.05, 4.69) is 15.5 Å². The predicted molar refractivity (Wildman–Crippen MR) is 120 cm³/mol. The van der Waals surface area contributed by atoms with Gasteiger partial charge in [0.05, 0.1) is 11.6 Å². The molecule has 176 valence electrons. The number of piperidine rings is 1. The summed E-state index contributed by atoms with van der Waals surface area (Å²) in [5, 5.41) is 7.22. The number of nitrogens with zero attached hydrogens (tertiary/aromatic N) is 4. The number of nitrogens with one attached hydrogen (secondary N) is 1. The quantitative estimate of drug-likeness (QED) is 0.561. The average Bonchev–Trinajstić information content (AvgIpc) is 3.34. The van der Waals surface area contributed by atoms with Crippen LogP contribution in [0.3, 0.4) is 0 Å². The molecular formula is C21H24FN5O4S2. The topological polar surface area (TPSA) is 110 Å². The summed E-state index contributed by atoms with van der Waals surface area (Å²) < 4.78 is 48.4. The third-order valence-electron chi connectivity index (χ3n) is 5.50. The Morgan fingerprint density at radius 2 is 2.12 bits per heavy atom. The molecule has 3 heterocycles. The van der Waals surface area contributed by atoms with Gasteiger partial charge in [-0.25, -0.2) is 17.8 Å². The fourth-order valence-corrected chi connectivity index (χ4v) is 6.51. The number of imidazole rings is 1. The Kier molecular flexibility index (Phi) is 6.59. The number of sulfonamides is 1. The van der Waals surface area contributed by atoms with Gasteiger partial charge in [0, 0.05) is 37.4 Å². The maximum absolute atomic E-state index is 14.0. The van der Waals surface area contributed by atoms with Crippen LogP contribution in [0.15, 0.2) is 50.1 Å². The lowest BCUT2D eigenvalue weighted by Gasteiger charge is -2.31. The van der Waals surface area contributed by atoms with Crippen LogP contribution in [-0.4, -0.2) is 46.4 Å². The van der Waals surface area contributed by atoms with Crippen molar-refractivity contribution in [2.24, 2.45) is 13.0 Å².